The second-order valence-electron chi connectivity index (χ2n) is 10.9. The number of rotatable bonds is 14. The molecule has 7 nitrogen and oxygen atoms in total. The van der Waals surface area contributed by atoms with E-state index in [1.54, 1.807) is 12.0 Å². The van der Waals surface area contributed by atoms with Gasteiger partial charge in [0, 0.05) is 51.7 Å². The summed E-state index contributed by atoms with van der Waals surface area (Å²) in [4.78, 5) is 25.5. The van der Waals surface area contributed by atoms with Crippen LogP contribution in [0.2, 0.25) is 5.72 Å². The molecule has 38 heavy (non-hydrogen) atoms. The van der Waals surface area contributed by atoms with Crippen LogP contribution in [0, 0.1) is 17.8 Å². The summed E-state index contributed by atoms with van der Waals surface area (Å²) in [6.07, 6.45) is 10.5. The Hall–Kier alpha value is -2.54. The molecular weight excluding hydrogens is 474 g/mol. The summed E-state index contributed by atoms with van der Waals surface area (Å²) < 4.78 is 11.2. The first-order valence-corrected chi connectivity index (χ1v) is 13.9. The lowest BCUT2D eigenvalue weighted by atomic mass is 9.68. The Bertz CT molecular complexity index is 998. The number of carbonyl (C=O) groups is 1. The minimum atomic E-state index is -0.318. The van der Waals surface area contributed by atoms with E-state index in [0.717, 1.165) is 73.1 Å². The number of anilines is 1. The van der Waals surface area contributed by atoms with Crippen LogP contribution in [0.25, 0.3) is 0 Å². The maximum Gasteiger partial charge on any atom is 0.226 e. The van der Waals surface area contributed by atoms with E-state index in [1.165, 1.54) is 19.3 Å². The summed E-state index contributed by atoms with van der Waals surface area (Å²) >= 11 is 0. The first-order valence-electron chi connectivity index (χ1n) is 13.9. The van der Waals surface area contributed by atoms with Crippen LogP contribution < -0.4 is 9.64 Å². The maximum absolute atomic E-state index is 12.4. The molecule has 0 spiro atoms. The molecule has 4 rings (SSSR count). The van der Waals surface area contributed by atoms with Crippen LogP contribution >= 0.6 is 0 Å². The molecule has 1 aromatic carbocycles. The van der Waals surface area contributed by atoms with Gasteiger partial charge >= 0.3 is 0 Å². The zero-order valence-corrected chi connectivity index (χ0v) is 22.9. The number of ether oxygens (including phenoxy) is 2. The maximum atomic E-state index is 12.4. The van der Waals surface area contributed by atoms with Crippen LogP contribution in [0.3, 0.4) is 0 Å². The number of benzene rings is 1. The van der Waals surface area contributed by atoms with Crippen molar-refractivity contribution in [1.82, 2.24) is 14.9 Å². The lowest BCUT2D eigenvalue weighted by Crippen LogP contribution is -2.35. The molecule has 1 aromatic heterocycles. The lowest BCUT2D eigenvalue weighted by molar-refractivity contribution is -0.129. The molecule has 2 fully saturated rings. The fourth-order valence-electron chi connectivity index (χ4n) is 5.49. The molecule has 0 N–H and O–H groups in total. The summed E-state index contributed by atoms with van der Waals surface area (Å²) in [5, 5.41) is 0. The highest BCUT2D eigenvalue weighted by molar-refractivity contribution is 6.35. The number of methoxy groups -OCH3 is 1. The van der Waals surface area contributed by atoms with Gasteiger partial charge in [0.1, 0.15) is 5.75 Å². The molecule has 0 bridgehead atoms. The van der Waals surface area contributed by atoms with E-state index in [4.69, 9.17) is 25.2 Å². The second-order valence-corrected chi connectivity index (χ2v) is 10.9. The number of piperidine rings is 1. The minimum absolute atomic E-state index is 0.0994. The number of nitrogens with zero attached hydrogens (tertiary/aromatic N) is 4. The predicted octanol–water partition coefficient (Wildman–Crippen LogP) is 3.81. The van der Waals surface area contributed by atoms with Crippen molar-refractivity contribution in [2.45, 2.75) is 57.3 Å². The van der Waals surface area contributed by atoms with Gasteiger partial charge in [-0.15, -0.1) is 5.72 Å². The smallest absolute Gasteiger partial charge is 0.226 e. The van der Waals surface area contributed by atoms with Gasteiger partial charge in [0.05, 0.1) is 35.3 Å². The standard InChI is InChI=1S/C29H40B2N4O3/c1-34(12-3-4-27(30)31)28(36)16-21-5-7-25(8-6-21)38-15-11-24-17-26(24)23-9-13-35(14-10-23)29-32-18-22(19-33-29)20-37-2/h5-8,18-19,23-24,26-27H,3-4,9-17,20H2,1-2H3. The fourth-order valence-corrected chi connectivity index (χ4v) is 5.49. The number of carbonyl (C=O) groups excluding carboxylic acids is 1. The van der Waals surface area contributed by atoms with Gasteiger partial charge in [0.2, 0.25) is 11.9 Å². The van der Waals surface area contributed by atoms with E-state index >= 15 is 0 Å². The molecule has 1 saturated carbocycles. The van der Waals surface area contributed by atoms with Crippen molar-refractivity contribution in [3.05, 3.63) is 47.8 Å². The van der Waals surface area contributed by atoms with Crippen LogP contribution in [0.5, 0.6) is 5.75 Å². The number of hydrogen-bond donors (Lipinski definition) is 0. The van der Waals surface area contributed by atoms with Crippen molar-refractivity contribution in [3.63, 3.8) is 0 Å². The van der Waals surface area contributed by atoms with Crippen LogP contribution in [0.15, 0.2) is 36.7 Å². The second kappa shape index (κ2) is 14.0. The van der Waals surface area contributed by atoms with Gasteiger partial charge < -0.3 is 19.3 Å². The molecule has 2 heterocycles. The van der Waals surface area contributed by atoms with E-state index < -0.39 is 0 Å². The molecule has 4 radical (unpaired) electrons. The van der Waals surface area contributed by atoms with Crippen LogP contribution in [0.4, 0.5) is 5.95 Å². The van der Waals surface area contributed by atoms with Crippen LogP contribution in [-0.4, -0.2) is 76.9 Å². The van der Waals surface area contributed by atoms with E-state index in [1.807, 2.05) is 43.7 Å². The Kier molecular flexibility index (Phi) is 10.5. The van der Waals surface area contributed by atoms with Gasteiger partial charge in [-0.1, -0.05) is 18.6 Å². The zero-order chi connectivity index (χ0) is 26.9. The molecule has 2 atom stereocenters. The third-order valence-corrected chi connectivity index (χ3v) is 7.90. The first-order chi connectivity index (χ1) is 18.4. The third-order valence-electron chi connectivity index (χ3n) is 7.90. The minimum Gasteiger partial charge on any atom is -0.494 e. The van der Waals surface area contributed by atoms with Crippen LogP contribution in [-0.2, 0) is 22.6 Å². The predicted molar refractivity (Wildman–Crippen MR) is 152 cm³/mol. The third kappa shape index (κ3) is 8.48. The Labute approximate surface area is 230 Å². The van der Waals surface area contributed by atoms with Crippen molar-refractivity contribution in [2.75, 3.05) is 45.3 Å². The molecule has 200 valence electrons. The Balaban J connectivity index is 1.11. The molecule has 9 heteroatoms. The normalized spacial score (nSPS) is 19.5. The number of likely N-dealkylation sites (N-methyl/N-ethyl adjacent to an activating group) is 1. The average Bonchev–Trinajstić information content (AvgIpc) is 3.70. The van der Waals surface area contributed by atoms with Gasteiger partial charge in [-0.3, -0.25) is 4.79 Å². The van der Waals surface area contributed by atoms with Crippen molar-refractivity contribution in [2.24, 2.45) is 17.8 Å². The summed E-state index contributed by atoms with van der Waals surface area (Å²) in [5.74, 6) is 4.20. The summed E-state index contributed by atoms with van der Waals surface area (Å²) in [6, 6.07) is 7.92. The first kappa shape index (κ1) is 28.5. The van der Waals surface area contributed by atoms with E-state index in [2.05, 4.69) is 14.9 Å². The monoisotopic (exact) mass is 514 g/mol. The van der Waals surface area contributed by atoms with E-state index in [-0.39, 0.29) is 11.6 Å². The molecule has 2 unspecified atom stereocenters. The molecule has 1 aliphatic carbocycles. The molecule has 1 amide bonds. The van der Waals surface area contributed by atoms with E-state index in [0.29, 0.717) is 26.0 Å². The van der Waals surface area contributed by atoms with E-state index in [9.17, 15) is 4.79 Å². The Morgan fingerprint density at radius 1 is 1.13 bits per heavy atom. The zero-order valence-electron chi connectivity index (χ0n) is 22.9. The number of aromatic nitrogens is 2. The summed E-state index contributed by atoms with van der Waals surface area (Å²) in [6.45, 7) is 4.02. The Morgan fingerprint density at radius 2 is 1.84 bits per heavy atom. The topological polar surface area (TPSA) is 67.8 Å². The van der Waals surface area contributed by atoms with Crippen LogP contribution in [0.1, 0.15) is 49.7 Å². The van der Waals surface area contributed by atoms with Gasteiger partial charge in [-0.05, 0) is 67.6 Å². The fraction of sp³-hybridized carbons (Fsp3) is 0.621. The highest BCUT2D eigenvalue weighted by Gasteiger charge is 2.43. The summed E-state index contributed by atoms with van der Waals surface area (Å²) in [5.41, 5.74) is 1.68. The Morgan fingerprint density at radius 3 is 2.50 bits per heavy atom. The number of hydrogen-bond acceptors (Lipinski definition) is 6. The van der Waals surface area contributed by atoms with Crippen molar-refractivity contribution in [1.29, 1.82) is 0 Å². The average molecular weight is 514 g/mol. The van der Waals surface area contributed by atoms with Crippen molar-refractivity contribution >= 4 is 27.5 Å². The largest absolute Gasteiger partial charge is 0.494 e. The van der Waals surface area contributed by atoms with Crippen molar-refractivity contribution < 1.29 is 14.3 Å². The van der Waals surface area contributed by atoms with Gasteiger partial charge in [-0.2, -0.15) is 0 Å². The number of amides is 1. The summed E-state index contributed by atoms with van der Waals surface area (Å²) in [7, 11) is 14.7. The molecular formula is C29H40B2N4O3. The lowest BCUT2D eigenvalue weighted by Gasteiger charge is -2.32. The van der Waals surface area contributed by atoms with Gasteiger partial charge in [-0.25, -0.2) is 9.97 Å². The van der Waals surface area contributed by atoms with Crippen molar-refractivity contribution in [3.8, 4) is 5.75 Å². The molecule has 2 aromatic rings. The van der Waals surface area contributed by atoms with Gasteiger partial charge in [0.25, 0.3) is 0 Å². The molecule has 1 saturated heterocycles. The molecule has 1 aliphatic heterocycles. The quantitative estimate of drug-likeness (QED) is 0.358. The van der Waals surface area contributed by atoms with Gasteiger partial charge in [0.15, 0.2) is 0 Å². The molecule has 2 aliphatic rings. The highest BCUT2D eigenvalue weighted by atomic mass is 16.5. The SMILES string of the molecule is [B]C([B])CCCN(C)C(=O)Cc1ccc(OCCC2CC2C2CCN(c3ncc(COC)cn3)CC2)cc1. The highest BCUT2D eigenvalue weighted by Crippen LogP contribution is 2.49.